The van der Waals surface area contributed by atoms with Gasteiger partial charge in [0.25, 0.3) is 5.91 Å². The second-order valence-electron chi connectivity index (χ2n) is 6.03. The van der Waals surface area contributed by atoms with Crippen molar-refractivity contribution >= 4 is 5.91 Å². The Morgan fingerprint density at radius 2 is 2.04 bits per heavy atom. The molecule has 25 heavy (non-hydrogen) atoms. The second kappa shape index (κ2) is 6.88. The van der Waals surface area contributed by atoms with Crippen molar-refractivity contribution in [1.82, 2.24) is 20.0 Å². The van der Waals surface area contributed by atoms with Crippen LogP contribution in [0.25, 0.3) is 11.4 Å². The summed E-state index contributed by atoms with van der Waals surface area (Å²) in [5.74, 6) is 1.17. The van der Waals surface area contributed by atoms with Gasteiger partial charge in [-0.15, -0.1) is 0 Å². The van der Waals surface area contributed by atoms with Crippen molar-refractivity contribution in [3.63, 3.8) is 0 Å². The quantitative estimate of drug-likeness (QED) is 0.727. The van der Waals surface area contributed by atoms with Gasteiger partial charge in [0.1, 0.15) is 6.04 Å². The second-order valence-corrected chi connectivity index (χ2v) is 6.03. The van der Waals surface area contributed by atoms with Gasteiger partial charge in [-0.25, -0.2) is 0 Å². The van der Waals surface area contributed by atoms with Crippen molar-refractivity contribution in [1.29, 1.82) is 0 Å². The lowest BCUT2D eigenvalue weighted by atomic mass is 10.1. The molecule has 7 nitrogen and oxygen atoms in total. The molecule has 4 heterocycles. The van der Waals surface area contributed by atoms with E-state index in [1.165, 1.54) is 6.26 Å². The van der Waals surface area contributed by atoms with Crippen molar-refractivity contribution in [3.8, 4) is 11.4 Å². The SMILES string of the molecule is O=C(c1ccco1)N1CCCCCC1c1nc(-c2ccncc2)no1. The first-order valence-corrected chi connectivity index (χ1v) is 8.41. The maximum absolute atomic E-state index is 12.8. The zero-order valence-electron chi connectivity index (χ0n) is 13.7. The van der Waals surface area contributed by atoms with Crippen LogP contribution >= 0.6 is 0 Å². The van der Waals surface area contributed by atoms with Crippen molar-refractivity contribution in [2.45, 2.75) is 31.7 Å². The van der Waals surface area contributed by atoms with E-state index in [9.17, 15) is 4.79 Å². The molecule has 0 N–H and O–H groups in total. The number of hydrogen-bond acceptors (Lipinski definition) is 6. The van der Waals surface area contributed by atoms with Gasteiger partial charge < -0.3 is 13.8 Å². The fourth-order valence-electron chi connectivity index (χ4n) is 3.14. The Labute approximate surface area is 144 Å². The molecule has 0 aromatic carbocycles. The molecule has 0 saturated carbocycles. The molecule has 7 heteroatoms. The molecular weight excluding hydrogens is 320 g/mol. The average Bonchev–Trinajstić information content (AvgIpc) is 3.30. The highest BCUT2D eigenvalue weighted by Gasteiger charge is 2.32. The standard InChI is InChI=1S/C18H18N4O3/c23-18(15-6-4-12-24-15)22-11-3-1-2-5-14(22)17-20-16(21-25-17)13-7-9-19-10-8-13/h4,6-10,12,14H,1-3,5,11H2. The number of rotatable bonds is 3. The molecule has 0 spiro atoms. The summed E-state index contributed by atoms with van der Waals surface area (Å²) in [6, 6.07) is 6.82. The molecule has 3 aromatic heterocycles. The molecular formula is C18H18N4O3. The van der Waals surface area contributed by atoms with E-state index in [-0.39, 0.29) is 11.9 Å². The van der Waals surface area contributed by atoms with Gasteiger partial charge in [0, 0.05) is 24.5 Å². The van der Waals surface area contributed by atoms with Crippen LogP contribution < -0.4 is 0 Å². The normalized spacial score (nSPS) is 18.1. The maximum Gasteiger partial charge on any atom is 0.290 e. The first kappa shape index (κ1) is 15.6. The van der Waals surface area contributed by atoms with E-state index in [0.717, 1.165) is 31.2 Å². The molecule has 3 aromatic rings. The van der Waals surface area contributed by atoms with Crippen LogP contribution in [0.2, 0.25) is 0 Å². The van der Waals surface area contributed by atoms with Crippen LogP contribution in [0.4, 0.5) is 0 Å². The van der Waals surface area contributed by atoms with Crippen LogP contribution in [-0.2, 0) is 0 Å². The fraction of sp³-hybridized carbons (Fsp3) is 0.333. The molecule has 1 atom stereocenters. The minimum absolute atomic E-state index is 0.138. The van der Waals surface area contributed by atoms with Gasteiger partial charge in [-0.2, -0.15) is 4.98 Å². The first-order chi connectivity index (χ1) is 12.3. The number of furan rings is 1. The molecule has 1 aliphatic heterocycles. The van der Waals surface area contributed by atoms with Gasteiger partial charge in [-0.1, -0.05) is 18.0 Å². The van der Waals surface area contributed by atoms with E-state index in [1.807, 2.05) is 12.1 Å². The lowest BCUT2D eigenvalue weighted by Crippen LogP contribution is -2.34. The van der Waals surface area contributed by atoms with Gasteiger partial charge in [-0.05, 0) is 37.1 Å². The van der Waals surface area contributed by atoms with Crippen molar-refractivity contribution < 1.29 is 13.7 Å². The number of carbonyl (C=O) groups excluding carboxylic acids is 1. The Bertz CT molecular complexity index is 829. The largest absolute Gasteiger partial charge is 0.459 e. The van der Waals surface area contributed by atoms with Crippen LogP contribution in [0.3, 0.4) is 0 Å². The first-order valence-electron chi connectivity index (χ1n) is 8.41. The zero-order chi connectivity index (χ0) is 17.1. The van der Waals surface area contributed by atoms with Crippen LogP contribution in [0, 0.1) is 0 Å². The predicted octanol–water partition coefficient (Wildman–Crippen LogP) is 3.48. The molecule has 1 aliphatic rings. The Morgan fingerprint density at radius 1 is 1.16 bits per heavy atom. The van der Waals surface area contributed by atoms with Crippen LogP contribution in [0.1, 0.15) is 48.2 Å². The minimum Gasteiger partial charge on any atom is -0.459 e. The summed E-state index contributed by atoms with van der Waals surface area (Å²) in [5, 5.41) is 4.07. The molecule has 0 aliphatic carbocycles. The molecule has 1 saturated heterocycles. The van der Waals surface area contributed by atoms with E-state index >= 15 is 0 Å². The lowest BCUT2D eigenvalue weighted by molar-refractivity contribution is 0.0612. The van der Waals surface area contributed by atoms with E-state index in [4.69, 9.17) is 8.94 Å². The molecule has 0 radical (unpaired) electrons. The van der Waals surface area contributed by atoms with Crippen molar-refractivity contribution in [2.75, 3.05) is 6.54 Å². The Hall–Kier alpha value is -2.96. The Kier molecular flexibility index (Phi) is 4.28. The molecule has 4 rings (SSSR count). The highest BCUT2D eigenvalue weighted by atomic mass is 16.5. The van der Waals surface area contributed by atoms with Gasteiger partial charge in [0.15, 0.2) is 5.76 Å². The number of carbonyl (C=O) groups is 1. The molecule has 128 valence electrons. The molecule has 1 amide bonds. The van der Waals surface area contributed by atoms with Crippen LogP contribution in [0.5, 0.6) is 0 Å². The highest BCUT2D eigenvalue weighted by molar-refractivity contribution is 5.91. The topological polar surface area (TPSA) is 85.3 Å². The summed E-state index contributed by atoms with van der Waals surface area (Å²) in [5.41, 5.74) is 0.836. The number of hydrogen-bond donors (Lipinski definition) is 0. The van der Waals surface area contributed by atoms with Gasteiger partial charge >= 0.3 is 0 Å². The van der Waals surface area contributed by atoms with Crippen molar-refractivity contribution in [3.05, 3.63) is 54.6 Å². The summed E-state index contributed by atoms with van der Waals surface area (Å²) in [7, 11) is 0. The molecule has 1 unspecified atom stereocenters. The van der Waals surface area contributed by atoms with Crippen LogP contribution in [0.15, 0.2) is 51.9 Å². The predicted molar refractivity (Wildman–Crippen MR) is 88.5 cm³/mol. The molecule has 1 fully saturated rings. The fourth-order valence-corrected chi connectivity index (χ4v) is 3.14. The maximum atomic E-state index is 12.8. The van der Waals surface area contributed by atoms with Crippen LogP contribution in [-0.4, -0.2) is 32.5 Å². The summed E-state index contributed by atoms with van der Waals surface area (Å²) in [6.07, 6.45) is 8.71. The summed E-state index contributed by atoms with van der Waals surface area (Å²) in [6.45, 7) is 0.650. The Morgan fingerprint density at radius 3 is 2.84 bits per heavy atom. The van der Waals surface area contributed by atoms with Gasteiger partial charge in [0.2, 0.25) is 11.7 Å². The minimum atomic E-state index is -0.233. The number of likely N-dealkylation sites (tertiary alicyclic amines) is 1. The number of nitrogens with zero attached hydrogens (tertiary/aromatic N) is 4. The number of amides is 1. The third-order valence-electron chi connectivity index (χ3n) is 4.41. The lowest BCUT2D eigenvalue weighted by Gasteiger charge is -2.26. The Balaban J connectivity index is 1.64. The van der Waals surface area contributed by atoms with Gasteiger partial charge in [-0.3, -0.25) is 9.78 Å². The van der Waals surface area contributed by atoms with Crippen molar-refractivity contribution in [2.24, 2.45) is 0 Å². The zero-order valence-corrected chi connectivity index (χ0v) is 13.7. The van der Waals surface area contributed by atoms with E-state index in [0.29, 0.717) is 24.0 Å². The number of pyridine rings is 1. The monoisotopic (exact) mass is 338 g/mol. The molecule has 0 bridgehead atoms. The summed E-state index contributed by atoms with van der Waals surface area (Å²) < 4.78 is 10.8. The summed E-state index contributed by atoms with van der Waals surface area (Å²) >= 11 is 0. The van der Waals surface area contributed by atoms with E-state index < -0.39 is 0 Å². The smallest absolute Gasteiger partial charge is 0.290 e. The average molecular weight is 338 g/mol. The number of aromatic nitrogens is 3. The highest BCUT2D eigenvalue weighted by Crippen LogP contribution is 2.31. The van der Waals surface area contributed by atoms with Gasteiger partial charge in [0.05, 0.1) is 6.26 Å². The third-order valence-corrected chi connectivity index (χ3v) is 4.41. The third kappa shape index (κ3) is 3.17. The van der Waals surface area contributed by atoms with E-state index in [2.05, 4.69) is 15.1 Å². The summed E-state index contributed by atoms with van der Waals surface area (Å²) in [4.78, 5) is 23.1. The van der Waals surface area contributed by atoms with E-state index in [1.54, 1.807) is 29.4 Å².